The molecule has 1 saturated carbocycles. The van der Waals surface area contributed by atoms with E-state index in [0.717, 1.165) is 45.1 Å². The average Bonchev–Trinajstić information content (AvgIpc) is 3.08. The molecule has 3 N–H and O–H groups in total. The number of carbonyl (C=O) groups is 1. The van der Waals surface area contributed by atoms with Gasteiger partial charge in [-0.05, 0) is 88.6 Å². The normalized spacial score (nSPS) is 26.5. The second kappa shape index (κ2) is 12.7. The van der Waals surface area contributed by atoms with E-state index in [9.17, 15) is 9.90 Å². The predicted octanol–water partition coefficient (Wildman–Crippen LogP) is 3.69. The Morgan fingerprint density at radius 3 is 2.46 bits per heavy atom. The van der Waals surface area contributed by atoms with E-state index < -0.39 is 0 Å². The van der Waals surface area contributed by atoms with Gasteiger partial charge in [0.25, 0.3) is 0 Å². The quantitative estimate of drug-likeness (QED) is 0.473. The van der Waals surface area contributed by atoms with Crippen molar-refractivity contribution in [1.82, 2.24) is 14.7 Å². The fourth-order valence-electron chi connectivity index (χ4n) is 6.90. The zero-order valence-corrected chi connectivity index (χ0v) is 22.1. The fourth-order valence-corrected chi connectivity index (χ4v) is 6.90. The highest BCUT2D eigenvalue weighted by Crippen LogP contribution is 2.43. The molecule has 35 heavy (non-hydrogen) atoms. The molecule has 3 aliphatic rings. The van der Waals surface area contributed by atoms with Crippen LogP contribution >= 0.6 is 0 Å². The number of benzene rings is 1. The average molecular weight is 485 g/mol. The van der Waals surface area contributed by atoms with Gasteiger partial charge >= 0.3 is 0 Å². The zero-order chi connectivity index (χ0) is 24.8. The first kappa shape index (κ1) is 26.6. The number of nitrogens with two attached hydrogens (primary N) is 1. The second-order valence-corrected chi connectivity index (χ2v) is 11.8. The van der Waals surface area contributed by atoms with E-state index in [1.165, 1.54) is 63.4 Å². The van der Waals surface area contributed by atoms with Crippen molar-refractivity contribution in [3.8, 4) is 0 Å². The Bertz CT molecular complexity index is 796. The van der Waals surface area contributed by atoms with Crippen LogP contribution in [0.1, 0.15) is 86.0 Å². The van der Waals surface area contributed by atoms with Crippen molar-refractivity contribution in [2.45, 2.75) is 88.3 Å². The number of fused-ring (bicyclic) bond motifs is 2. The molecule has 6 nitrogen and oxygen atoms in total. The number of hydrogen-bond acceptors (Lipinski definition) is 5. The van der Waals surface area contributed by atoms with Crippen molar-refractivity contribution >= 4 is 5.91 Å². The van der Waals surface area contributed by atoms with E-state index in [4.69, 9.17) is 5.73 Å². The molecular formula is C29H48N4O2. The molecule has 1 aromatic rings. The van der Waals surface area contributed by atoms with Crippen molar-refractivity contribution in [3.05, 3.63) is 35.4 Å². The number of carbonyl (C=O) groups excluding carboxylic acids is 1. The maximum absolute atomic E-state index is 11.7. The minimum Gasteiger partial charge on any atom is -0.392 e. The molecule has 2 aliphatic heterocycles. The van der Waals surface area contributed by atoms with Crippen LogP contribution in [-0.2, 0) is 0 Å². The van der Waals surface area contributed by atoms with E-state index >= 15 is 0 Å². The van der Waals surface area contributed by atoms with Gasteiger partial charge in [-0.15, -0.1) is 0 Å². The fraction of sp³-hybridized carbons (Fsp3) is 0.759. The topological polar surface area (TPSA) is 73.0 Å². The standard InChI is InChI=1S/C29H48N4O2/c1-31(2)14-13-28(34)21-32(20-22-7-4-3-5-8-22)15-16-33-26-11-12-27(33)19-25(18-26)23-9-6-10-24(17-23)29(30)35/h6,9-10,17,22,25-28,34H,3-5,7-8,11-16,18-21H2,1-2H3,(H2,30,35)/t25?,26-,27+,28-/m0/s1. The van der Waals surface area contributed by atoms with Gasteiger partial charge in [0.1, 0.15) is 0 Å². The van der Waals surface area contributed by atoms with Gasteiger partial charge in [-0.25, -0.2) is 0 Å². The number of aliphatic hydroxyl groups is 1. The Balaban J connectivity index is 1.34. The van der Waals surface area contributed by atoms with Crippen molar-refractivity contribution in [3.63, 3.8) is 0 Å². The highest BCUT2D eigenvalue weighted by Gasteiger charge is 2.41. The summed E-state index contributed by atoms with van der Waals surface area (Å²) >= 11 is 0. The van der Waals surface area contributed by atoms with Gasteiger partial charge in [0.05, 0.1) is 6.10 Å². The molecule has 196 valence electrons. The van der Waals surface area contributed by atoms with Gasteiger partial charge in [-0.2, -0.15) is 0 Å². The zero-order valence-electron chi connectivity index (χ0n) is 22.1. The molecule has 1 unspecified atom stereocenters. The van der Waals surface area contributed by atoms with Gasteiger partial charge in [0.2, 0.25) is 5.91 Å². The molecule has 2 bridgehead atoms. The number of amides is 1. The van der Waals surface area contributed by atoms with Crippen LogP contribution in [0.25, 0.3) is 0 Å². The summed E-state index contributed by atoms with van der Waals surface area (Å²) in [6.07, 6.45) is 12.3. The first-order chi connectivity index (χ1) is 16.9. The number of rotatable bonds is 12. The number of piperidine rings is 1. The number of primary amides is 1. The lowest BCUT2D eigenvalue weighted by atomic mass is 9.84. The molecule has 4 rings (SSSR count). The lowest BCUT2D eigenvalue weighted by molar-refractivity contribution is 0.0637. The van der Waals surface area contributed by atoms with Gasteiger partial charge < -0.3 is 15.7 Å². The lowest BCUT2D eigenvalue weighted by Gasteiger charge is -2.41. The summed E-state index contributed by atoms with van der Waals surface area (Å²) in [7, 11) is 4.16. The summed E-state index contributed by atoms with van der Waals surface area (Å²) in [5.74, 6) is 0.983. The second-order valence-electron chi connectivity index (χ2n) is 11.8. The Hall–Kier alpha value is -1.47. The Kier molecular flexibility index (Phi) is 9.62. The Labute approximate surface area is 212 Å². The molecule has 6 heteroatoms. The molecule has 1 aromatic carbocycles. The highest BCUT2D eigenvalue weighted by atomic mass is 16.3. The van der Waals surface area contributed by atoms with Crippen molar-refractivity contribution in [1.29, 1.82) is 0 Å². The van der Waals surface area contributed by atoms with Crippen molar-refractivity contribution in [2.24, 2.45) is 11.7 Å². The van der Waals surface area contributed by atoms with E-state index in [2.05, 4.69) is 34.9 Å². The molecule has 0 aromatic heterocycles. The largest absolute Gasteiger partial charge is 0.392 e. The first-order valence-electron chi connectivity index (χ1n) is 14.1. The third-order valence-corrected chi connectivity index (χ3v) is 8.82. The molecular weight excluding hydrogens is 436 g/mol. The SMILES string of the molecule is CN(C)CC[C@H](O)CN(CCN1[C@@H]2CC[C@H]1CC(c1cccc(C(N)=O)c1)C2)CC1CCCCC1. The summed E-state index contributed by atoms with van der Waals surface area (Å²) in [6.45, 7) is 5.05. The monoisotopic (exact) mass is 484 g/mol. The van der Waals surface area contributed by atoms with Gasteiger partial charge in [0, 0.05) is 50.4 Å². The molecule has 1 amide bonds. The van der Waals surface area contributed by atoms with Crippen LogP contribution in [0.3, 0.4) is 0 Å². The smallest absolute Gasteiger partial charge is 0.248 e. The molecule has 0 spiro atoms. The third kappa shape index (κ3) is 7.51. The Morgan fingerprint density at radius 1 is 1.09 bits per heavy atom. The summed E-state index contributed by atoms with van der Waals surface area (Å²) in [6, 6.07) is 9.26. The van der Waals surface area contributed by atoms with Crippen LogP contribution in [0.5, 0.6) is 0 Å². The van der Waals surface area contributed by atoms with Crippen LogP contribution in [0.4, 0.5) is 0 Å². The number of nitrogens with zero attached hydrogens (tertiary/aromatic N) is 3. The van der Waals surface area contributed by atoms with Crippen LogP contribution in [0, 0.1) is 5.92 Å². The first-order valence-corrected chi connectivity index (χ1v) is 14.1. The lowest BCUT2D eigenvalue weighted by Crippen LogP contribution is -2.47. The van der Waals surface area contributed by atoms with Crippen LogP contribution in [-0.4, -0.2) is 90.7 Å². The highest BCUT2D eigenvalue weighted by molar-refractivity contribution is 5.92. The van der Waals surface area contributed by atoms with Crippen LogP contribution in [0.2, 0.25) is 0 Å². The summed E-state index contributed by atoms with van der Waals surface area (Å²) in [5.41, 5.74) is 7.44. The van der Waals surface area contributed by atoms with E-state index in [-0.39, 0.29) is 12.0 Å². The van der Waals surface area contributed by atoms with E-state index in [0.29, 0.717) is 23.6 Å². The van der Waals surface area contributed by atoms with Crippen LogP contribution < -0.4 is 5.73 Å². The van der Waals surface area contributed by atoms with Crippen molar-refractivity contribution in [2.75, 3.05) is 46.8 Å². The van der Waals surface area contributed by atoms with E-state index in [1.54, 1.807) is 0 Å². The molecule has 2 saturated heterocycles. The molecule has 4 atom stereocenters. The minimum atomic E-state index is -0.335. The minimum absolute atomic E-state index is 0.249. The maximum Gasteiger partial charge on any atom is 0.248 e. The Morgan fingerprint density at radius 2 is 1.80 bits per heavy atom. The van der Waals surface area contributed by atoms with Crippen LogP contribution in [0.15, 0.2) is 24.3 Å². The number of hydrogen-bond donors (Lipinski definition) is 2. The maximum atomic E-state index is 11.7. The summed E-state index contributed by atoms with van der Waals surface area (Å²) in [4.78, 5) is 19.2. The number of aliphatic hydroxyl groups excluding tert-OH is 1. The third-order valence-electron chi connectivity index (χ3n) is 8.82. The molecule has 1 aliphatic carbocycles. The van der Waals surface area contributed by atoms with E-state index in [1.807, 2.05) is 18.2 Å². The van der Waals surface area contributed by atoms with Gasteiger partial charge in [0.15, 0.2) is 0 Å². The van der Waals surface area contributed by atoms with Gasteiger partial charge in [-0.1, -0.05) is 31.4 Å². The van der Waals surface area contributed by atoms with Crippen molar-refractivity contribution < 1.29 is 9.90 Å². The molecule has 0 radical (unpaired) electrons. The predicted molar refractivity (Wildman–Crippen MR) is 143 cm³/mol. The van der Waals surface area contributed by atoms with Gasteiger partial charge in [-0.3, -0.25) is 14.6 Å². The molecule has 2 heterocycles. The summed E-state index contributed by atoms with van der Waals surface area (Å²) in [5, 5.41) is 10.8. The molecule has 3 fully saturated rings. The summed E-state index contributed by atoms with van der Waals surface area (Å²) < 4.78 is 0.